The quantitative estimate of drug-likeness (QED) is 0.562. The smallest absolute Gasteiger partial charge is 0.325 e. The van der Waals surface area contributed by atoms with Crippen LogP contribution in [-0.2, 0) is 9.59 Å². The SMILES string of the molecule is CCC1(C)NC(=O)N(CC(=O)NC[C@@H](C)O)C1=O. The predicted octanol–water partition coefficient (Wildman–Crippen LogP) is -0.796. The molecule has 1 saturated heterocycles. The fourth-order valence-electron chi connectivity index (χ4n) is 1.59. The largest absolute Gasteiger partial charge is 0.392 e. The zero-order valence-electron chi connectivity index (χ0n) is 10.8. The van der Waals surface area contributed by atoms with Crippen molar-refractivity contribution in [2.75, 3.05) is 13.1 Å². The first-order valence-corrected chi connectivity index (χ1v) is 5.89. The molecule has 0 bridgehead atoms. The molecular weight excluding hydrogens is 238 g/mol. The van der Waals surface area contributed by atoms with E-state index in [-0.39, 0.29) is 13.1 Å². The summed E-state index contributed by atoms with van der Waals surface area (Å²) in [5, 5.41) is 14.0. The number of imide groups is 1. The van der Waals surface area contributed by atoms with E-state index in [0.717, 1.165) is 4.90 Å². The summed E-state index contributed by atoms with van der Waals surface area (Å²) in [7, 11) is 0. The Labute approximate surface area is 106 Å². The van der Waals surface area contributed by atoms with Crippen molar-refractivity contribution in [2.24, 2.45) is 0 Å². The summed E-state index contributed by atoms with van der Waals surface area (Å²) in [6, 6.07) is -0.559. The number of carbonyl (C=O) groups is 3. The summed E-state index contributed by atoms with van der Waals surface area (Å²) in [4.78, 5) is 35.9. The van der Waals surface area contributed by atoms with Crippen LogP contribution in [-0.4, -0.2) is 52.6 Å². The van der Waals surface area contributed by atoms with Crippen molar-refractivity contribution < 1.29 is 19.5 Å². The molecule has 0 spiro atoms. The number of urea groups is 1. The second-order valence-corrected chi connectivity index (χ2v) is 4.66. The number of hydrogen-bond donors (Lipinski definition) is 3. The lowest BCUT2D eigenvalue weighted by atomic mass is 9.99. The topological polar surface area (TPSA) is 98.7 Å². The van der Waals surface area contributed by atoms with Gasteiger partial charge in [0, 0.05) is 6.54 Å². The molecule has 2 atom stereocenters. The van der Waals surface area contributed by atoms with Gasteiger partial charge in [-0.2, -0.15) is 0 Å². The van der Waals surface area contributed by atoms with Gasteiger partial charge in [-0.1, -0.05) is 6.92 Å². The van der Waals surface area contributed by atoms with E-state index in [0.29, 0.717) is 6.42 Å². The summed E-state index contributed by atoms with van der Waals surface area (Å²) >= 11 is 0. The minimum atomic E-state index is -0.929. The highest BCUT2D eigenvalue weighted by Gasteiger charge is 2.46. The minimum absolute atomic E-state index is 0.0908. The molecule has 4 amide bonds. The molecule has 7 nitrogen and oxygen atoms in total. The van der Waals surface area contributed by atoms with Crippen molar-refractivity contribution in [3.8, 4) is 0 Å². The monoisotopic (exact) mass is 257 g/mol. The zero-order valence-corrected chi connectivity index (χ0v) is 10.8. The van der Waals surface area contributed by atoms with E-state index < -0.39 is 29.5 Å². The number of hydrogen-bond acceptors (Lipinski definition) is 4. The molecule has 1 unspecified atom stereocenters. The molecule has 1 aliphatic heterocycles. The second kappa shape index (κ2) is 5.34. The van der Waals surface area contributed by atoms with E-state index in [9.17, 15) is 14.4 Å². The third kappa shape index (κ3) is 2.98. The lowest BCUT2D eigenvalue weighted by molar-refractivity contribution is -0.134. The van der Waals surface area contributed by atoms with Crippen LogP contribution < -0.4 is 10.6 Å². The van der Waals surface area contributed by atoms with Crippen molar-refractivity contribution in [1.82, 2.24) is 15.5 Å². The number of aliphatic hydroxyl groups is 1. The van der Waals surface area contributed by atoms with Gasteiger partial charge in [-0.05, 0) is 20.3 Å². The predicted molar refractivity (Wildman–Crippen MR) is 63.6 cm³/mol. The highest BCUT2D eigenvalue weighted by atomic mass is 16.3. The summed E-state index contributed by atoms with van der Waals surface area (Å²) < 4.78 is 0. The van der Waals surface area contributed by atoms with Crippen molar-refractivity contribution in [3.63, 3.8) is 0 Å². The first-order valence-electron chi connectivity index (χ1n) is 5.89. The highest BCUT2D eigenvalue weighted by molar-refractivity contribution is 6.08. The van der Waals surface area contributed by atoms with Crippen LogP contribution in [0.4, 0.5) is 4.79 Å². The van der Waals surface area contributed by atoms with Crippen LogP contribution in [0.1, 0.15) is 27.2 Å². The fourth-order valence-corrected chi connectivity index (χ4v) is 1.59. The van der Waals surface area contributed by atoms with Crippen LogP contribution in [0.3, 0.4) is 0 Å². The van der Waals surface area contributed by atoms with Gasteiger partial charge >= 0.3 is 6.03 Å². The van der Waals surface area contributed by atoms with Crippen molar-refractivity contribution in [3.05, 3.63) is 0 Å². The van der Waals surface area contributed by atoms with Gasteiger partial charge < -0.3 is 15.7 Å². The molecule has 0 saturated carbocycles. The highest BCUT2D eigenvalue weighted by Crippen LogP contribution is 2.20. The second-order valence-electron chi connectivity index (χ2n) is 4.66. The standard InChI is InChI=1S/C11H19N3O4/c1-4-11(3)9(17)14(10(18)13-11)6-8(16)12-5-7(2)15/h7,15H,4-6H2,1-3H3,(H,12,16)(H,13,18)/t7-,11?/m1/s1. The molecule has 102 valence electrons. The van der Waals surface area contributed by atoms with Gasteiger partial charge in [0.25, 0.3) is 5.91 Å². The first kappa shape index (κ1) is 14.4. The van der Waals surface area contributed by atoms with Gasteiger partial charge in [0.05, 0.1) is 6.10 Å². The van der Waals surface area contributed by atoms with Crippen molar-refractivity contribution in [1.29, 1.82) is 0 Å². The Bertz CT molecular complexity index is 369. The van der Waals surface area contributed by atoms with Crippen LogP contribution in [0.25, 0.3) is 0 Å². The Kier molecular flexibility index (Phi) is 4.28. The van der Waals surface area contributed by atoms with E-state index in [1.54, 1.807) is 13.8 Å². The normalized spacial score (nSPS) is 25.0. The fraction of sp³-hybridized carbons (Fsp3) is 0.727. The number of carbonyl (C=O) groups excluding carboxylic acids is 3. The molecule has 1 fully saturated rings. The van der Waals surface area contributed by atoms with E-state index >= 15 is 0 Å². The molecule has 0 aromatic rings. The summed E-state index contributed by atoms with van der Waals surface area (Å²) in [6.45, 7) is 4.71. The van der Waals surface area contributed by atoms with Gasteiger partial charge in [0.2, 0.25) is 5.91 Å². The molecule has 0 aromatic heterocycles. The van der Waals surface area contributed by atoms with Gasteiger partial charge in [0.1, 0.15) is 12.1 Å². The third-order valence-electron chi connectivity index (χ3n) is 2.95. The van der Waals surface area contributed by atoms with E-state index in [2.05, 4.69) is 10.6 Å². The Balaban J connectivity index is 2.60. The molecule has 3 N–H and O–H groups in total. The molecule has 7 heteroatoms. The molecule has 0 radical (unpaired) electrons. The average Bonchev–Trinajstić information content (AvgIpc) is 2.51. The van der Waals surface area contributed by atoms with Gasteiger partial charge in [0.15, 0.2) is 0 Å². The molecule has 18 heavy (non-hydrogen) atoms. The maximum absolute atomic E-state index is 12.0. The summed E-state index contributed by atoms with van der Waals surface area (Å²) in [6.07, 6.45) is -0.207. The van der Waals surface area contributed by atoms with Crippen molar-refractivity contribution in [2.45, 2.75) is 38.8 Å². The van der Waals surface area contributed by atoms with Crippen LogP contribution >= 0.6 is 0 Å². The zero-order chi connectivity index (χ0) is 13.9. The number of nitrogens with one attached hydrogen (secondary N) is 2. The molecule has 1 rings (SSSR count). The summed E-state index contributed by atoms with van der Waals surface area (Å²) in [5.41, 5.74) is -0.929. The average molecular weight is 257 g/mol. The van der Waals surface area contributed by atoms with Crippen LogP contribution in [0.5, 0.6) is 0 Å². The van der Waals surface area contributed by atoms with Crippen LogP contribution in [0.2, 0.25) is 0 Å². The van der Waals surface area contributed by atoms with Crippen LogP contribution in [0.15, 0.2) is 0 Å². The Morgan fingerprint density at radius 3 is 2.61 bits per heavy atom. The molecule has 0 aliphatic carbocycles. The molecule has 1 aliphatic rings. The van der Waals surface area contributed by atoms with E-state index in [1.165, 1.54) is 6.92 Å². The molecule has 1 heterocycles. The number of nitrogens with zero attached hydrogens (tertiary/aromatic N) is 1. The lowest BCUT2D eigenvalue weighted by Gasteiger charge is -2.19. The van der Waals surface area contributed by atoms with E-state index in [1.807, 2.05) is 0 Å². The minimum Gasteiger partial charge on any atom is -0.392 e. The molecular formula is C11H19N3O4. The number of amides is 4. The maximum Gasteiger partial charge on any atom is 0.325 e. The van der Waals surface area contributed by atoms with E-state index in [4.69, 9.17) is 5.11 Å². The van der Waals surface area contributed by atoms with Gasteiger partial charge in [-0.25, -0.2) is 4.79 Å². The number of aliphatic hydroxyl groups excluding tert-OH is 1. The Morgan fingerprint density at radius 1 is 1.56 bits per heavy atom. The van der Waals surface area contributed by atoms with Crippen molar-refractivity contribution >= 4 is 17.8 Å². The molecule has 0 aromatic carbocycles. The lowest BCUT2D eigenvalue weighted by Crippen LogP contribution is -2.45. The maximum atomic E-state index is 12.0. The number of rotatable bonds is 5. The van der Waals surface area contributed by atoms with Gasteiger partial charge in [-0.3, -0.25) is 14.5 Å². The summed E-state index contributed by atoms with van der Waals surface area (Å²) in [5.74, 6) is -0.873. The Morgan fingerprint density at radius 2 is 2.17 bits per heavy atom. The third-order valence-corrected chi connectivity index (χ3v) is 2.95. The Hall–Kier alpha value is -1.63. The first-order chi connectivity index (χ1) is 8.30. The van der Waals surface area contributed by atoms with Crippen LogP contribution in [0, 0.1) is 0 Å². The van der Waals surface area contributed by atoms with Gasteiger partial charge in [-0.15, -0.1) is 0 Å².